The molecule has 4 heteroatoms. The molecule has 3 nitrogen and oxygen atoms in total. The Morgan fingerprint density at radius 2 is 2.24 bits per heavy atom. The Morgan fingerprint density at radius 3 is 2.90 bits per heavy atom. The molecule has 114 valence electrons. The third-order valence-corrected chi connectivity index (χ3v) is 3.91. The highest BCUT2D eigenvalue weighted by atomic mass is 16.5. The van der Waals surface area contributed by atoms with Crippen LogP contribution in [-0.2, 0) is 9.39 Å². The molecule has 3 atom stereocenters. The predicted octanol–water partition coefficient (Wildman–Crippen LogP) is 3.37. The van der Waals surface area contributed by atoms with Crippen LogP contribution >= 0.6 is 0 Å². The minimum Gasteiger partial charge on any atom is -0.423 e. The fourth-order valence-corrected chi connectivity index (χ4v) is 2.82. The summed E-state index contributed by atoms with van der Waals surface area (Å²) in [5, 5.41) is 9.55. The third kappa shape index (κ3) is 4.99. The molecule has 0 aromatic rings. The second-order valence-electron chi connectivity index (χ2n) is 6.20. The van der Waals surface area contributed by atoms with Crippen LogP contribution in [-0.4, -0.2) is 30.5 Å². The summed E-state index contributed by atoms with van der Waals surface area (Å²) in [5.41, 5.74) is 3.45. The second-order valence-corrected chi connectivity index (χ2v) is 6.20. The van der Waals surface area contributed by atoms with Gasteiger partial charge in [-0.25, -0.2) is 0 Å². The molecule has 0 saturated carbocycles. The first kappa shape index (κ1) is 16.3. The highest BCUT2D eigenvalue weighted by molar-refractivity contribution is 6.49. The van der Waals surface area contributed by atoms with E-state index in [2.05, 4.69) is 19.2 Å². The Morgan fingerprint density at radius 1 is 1.48 bits per heavy atom. The van der Waals surface area contributed by atoms with E-state index in [1.165, 1.54) is 5.57 Å². The lowest BCUT2D eigenvalue weighted by Gasteiger charge is -2.31. The first-order valence-electron chi connectivity index (χ1n) is 7.59. The Hall–Kier alpha value is -1.10. The van der Waals surface area contributed by atoms with Crippen LogP contribution in [0.3, 0.4) is 0 Å². The number of hydrogen-bond donors (Lipinski definition) is 1. The first-order chi connectivity index (χ1) is 9.94. The SMILES string of the molecule is C=C1C[C@H](C/C=C/[C@@H]2CC(C)=CB(O)O2)O[C@H](C(=C)C)C1. The molecule has 2 aliphatic rings. The average Bonchev–Trinajstić information content (AvgIpc) is 2.36. The minimum absolute atomic E-state index is 0.0475. The lowest BCUT2D eigenvalue weighted by molar-refractivity contribution is -0.00930. The quantitative estimate of drug-likeness (QED) is 0.636. The molecule has 1 N–H and O–H groups in total. The van der Waals surface area contributed by atoms with Gasteiger partial charge in [-0.2, -0.15) is 0 Å². The predicted molar refractivity (Wildman–Crippen MR) is 86.8 cm³/mol. The lowest BCUT2D eigenvalue weighted by Crippen LogP contribution is -2.29. The van der Waals surface area contributed by atoms with Crippen molar-refractivity contribution in [1.82, 2.24) is 0 Å². The molecule has 21 heavy (non-hydrogen) atoms. The summed E-state index contributed by atoms with van der Waals surface area (Å²) < 4.78 is 11.5. The van der Waals surface area contributed by atoms with E-state index >= 15 is 0 Å². The Labute approximate surface area is 128 Å². The molecule has 0 amide bonds. The molecule has 0 aromatic carbocycles. The van der Waals surface area contributed by atoms with E-state index in [0.29, 0.717) is 0 Å². The van der Waals surface area contributed by atoms with E-state index in [4.69, 9.17) is 9.39 Å². The zero-order chi connectivity index (χ0) is 15.4. The van der Waals surface area contributed by atoms with Gasteiger partial charge in [-0.1, -0.05) is 48.0 Å². The molecule has 0 aliphatic carbocycles. The van der Waals surface area contributed by atoms with Crippen molar-refractivity contribution in [2.45, 2.75) is 57.8 Å². The molecule has 0 aromatic heterocycles. The molecule has 0 radical (unpaired) electrons. The van der Waals surface area contributed by atoms with Crippen molar-refractivity contribution >= 4 is 7.12 Å². The summed E-state index contributed by atoms with van der Waals surface area (Å²) >= 11 is 0. The minimum atomic E-state index is -0.785. The van der Waals surface area contributed by atoms with Crippen molar-refractivity contribution in [3.8, 4) is 0 Å². The van der Waals surface area contributed by atoms with Gasteiger partial charge in [0.25, 0.3) is 0 Å². The fourth-order valence-electron chi connectivity index (χ4n) is 2.82. The van der Waals surface area contributed by atoms with Crippen LogP contribution in [0.1, 0.15) is 39.5 Å². The molecular weight excluding hydrogens is 263 g/mol. The number of rotatable bonds is 4. The van der Waals surface area contributed by atoms with Crippen molar-refractivity contribution < 1.29 is 14.4 Å². The molecule has 0 unspecified atom stereocenters. The number of hydrogen-bond acceptors (Lipinski definition) is 3. The summed E-state index contributed by atoms with van der Waals surface area (Å²) in [4.78, 5) is 0. The van der Waals surface area contributed by atoms with Gasteiger partial charge in [0.2, 0.25) is 0 Å². The molecular formula is C17H25BO3. The topological polar surface area (TPSA) is 38.7 Å². The molecule has 2 rings (SSSR count). The van der Waals surface area contributed by atoms with E-state index in [-0.39, 0.29) is 18.3 Å². The van der Waals surface area contributed by atoms with Gasteiger partial charge in [0.05, 0.1) is 18.3 Å². The summed E-state index contributed by atoms with van der Waals surface area (Å²) in [6, 6.07) is 0. The highest BCUT2D eigenvalue weighted by Crippen LogP contribution is 2.28. The maximum Gasteiger partial charge on any atom is 0.483 e. The van der Waals surface area contributed by atoms with Gasteiger partial charge in [0, 0.05) is 0 Å². The van der Waals surface area contributed by atoms with Gasteiger partial charge in [0.15, 0.2) is 0 Å². The van der Waals surface area contributed by atoms with Crippen molar-refractivity contribution in [2.24, 2.45) is 0 Å². The van der Waals surface area contributed by atoms with E-state index in [1.807, 2.05) is 19.9 Å². The van der Waals surface area contributed by atoms with Crippen LogP contribution in [0.2, 0.25) is 0 Å². The van der Waals surface area contributed by atoms with E-state index in [1.54, 1.807) is 5.98 Å². The van der Waals surface area contributed by atoms with Gasteiger partial charge in [-0.05, 0) is 39.5 Å². The summed E-state index contributed by atoms with van der Waals surface area (Å²) in [5.74, 6) is 1.75. The molecule has 0 bridgehead atoms. The molecule has 2 heterocycles. The Bertz CT molecular complexity index is 467. The van der Waals surface area contributed by atoms with E-state index in [9.17, 15) is 5.02 Å². The van der Waals surface area contributed by atoms with Crippen LogP contribution in [0.4, 0.5) is 0 Å². The third-order valence-electron chi connectivity index (χ3n) is 3.91. The maximum absolute atomic E-state index is 9.55. The fraction of sp³-hybridized carbons (Fsp3) is 0.529. The monoisotopic (exact) mass is 288 g/mol. The summed E-state index contributed by atoms with van der Waals surface area (Å²) in [6.07, 6.45) is 7.79. The van der Waals surface area contributed by atoms with Gasteiger partial charge in [-0.3, -0.25) is 0 Å². The number of ether oxygens (including phenoxy) is 1. The molecule has 2 aliphatic heterocycles. The van der Waals surface area contributed by atoms with Gasteiger partial charge < -0.3 is 14.4 Å². The van der Waals surface area contributed by atoms with Crippen LogP contribution in [0, 0.1) is 0 Å². The van der Waals surface area contributed by atoms with Crippen molar-refractivity contribution in [2.75, 3.05) is 0 Å². The maximum atomic E-state index is 9.55. The van der Waals surface area contributed by atoms with Crippen LogP contribution in [0.25, 0.3) is 0 Å². The Kier molecular flexibility index (Phi) is 5.62. The summed E-state index contributed by atoms with van der Waals surface area (Å²) in [6.45, 7) is 12.1. The largest absolute Gasteiger partial charge is 0.483 e. The normalized spacial score (nSPS) is 30.6. The lowest BCUT2D eigenvalue weighted by atomic mass is 9.82. The smallest absolute Gasteiger partial charge is 0.423 e. The van der Waals surface area contributed by atoms with E-state index < -0.39 is 7.12 Å². The standard InChI is InChI=1S/C17H25BO3/c1-12(2)17-10-13(3)8-15(20-17)6-5-7-16-9-14(4)11-18(19)21-16/h5,7,11,15-17,19H,1,3,6,8-10H2,2,4H3/b7-5+/t15-,16+,17-/m0/s1. The zero-order valence-corrected chi connectivity index (χ0v) is 13.0. The van der Waals surface area contributed by atoms with Crippen molar-refractivity contribution in [3.63, 3.8) is 0 Å². The van der Waals surface area contributed by atoms with Crippen LogP contribution < -0.4 is 0 Å². The average molecular weight is 288 g/mol. The first-order valence-corrected chi connectivity index (χ1v) is 7.59. The molecule has 1 saturated heterocycles. The van der Waals surface area contributed by atoms with Crippen molar-refractivity contribution in [3.05, 3.63) is 48.0 Å². The van der Waals surface area contributed by atoms with Crippen molar-refractivity contribution in [1.29, 1.82) is 0 Å². The van der Waals surface area contributed by atoms with Gasteiger partial charge in [0.1, 0.15) is 0 Å². The van der Waals surface area contributed by atoms with Crippen LogP contribution in [0.15, 0.2) is 48.0 Å². The van der Waals surface area contributed by atoms with E-state index in [0.717, 1.165) is 36.8 Å². The highest BCUT2D eigenvalue weighted by Gasteiger charge is 2.25. The molecule has 1 fully saturated rings. The van der Waals surface area contributed by atoms with Gasteiger partial charge in [-0.15, -0.1) is 0 Å². The van der Waals surface area contributed by atoms with Crippen LogP contribution in [0.5, 0.6) is 0 Å². The Balaban J connectivity index is 1.84. The second kappa shape index (κ2) is 7.25. The van der Waals surface area contributed by atoms with Gasteiger partial charge >= 0.3 is 7.12 Å². The molecule has 0 spiro atoms. The zero-order valence-electron chi connectivity index (χ0n) is 13.0. The summed E-state index contributed by atoms with van der Waals surface area (Å²) in [7, 11) is -0.785.